The second-order valence-electron chi connectivity index (χ2n) is 5.36. The summed E-state index contributed by atoms with van der Waals surface area (Å²) in [5.74, 6) is 0.293. The largest absolute Gasteiger partial charge is 0.349 e. The van der Waals surface area contributed by atoms with Crippen LogP contribution in [0.5, 0.6) is 0 Å². The highest BCUT2D eigenvalue weighted by Gasteiger charge is 2.25. The summed E-state index contributed by atoms with van der Waals surface area (Å²) in [4.78, 5) is 12.2. The van der Waals surface area contributed by atoms with Gasteiger partial charge in [-0.25, -0.2) is 0 Å². The molecule has 2 N–H and O–H groups in total. The maximum Gasteiger partial charge on any atom is 0.223 e. The van der Waals surface area contributed by atoms with E-state index in [4.69, 9.17) is 11.6 Å². The van der Waals surface area contributed by atoms with E-state index in [1.54, 1.807) is 0 Å². The summed E-state index contributed by atoms with van der Waals surface area (Å²) >= 11 is 5.87. The Kier molecular flexibility index (Phi) is 4.83. The molecule has 3 nitrogen and oxygen atoms in total. The molecule has 2 unspecified atom stereocenters. The zero-order valence-corrected chi connectivity index (χ0v) is 12.2. The van der Waals surface area contributed by atoms with Gasteiger partial charge in [0.25, 0.3) is 0 Å². The van der Waals surface area contributed by atoms with Gasteiger partial charge >= 0.3 is 0 Å². The van der Waals surface area contributed by atoms with Crippen LogP contribution in [0.4, 0.5) is 0 Å². The Morgan fingerprint density at radius 1 is 1.42 bits per heavy atom. The molecule has 0 spiro atoms. The van der Waals surface area contributed by atoms with Gasteiger partial charge in [-0.1, -0.05) is 23.7 Å². The number of hydrogen-bond donors (Lipinski definition) is 2. The molecule has 1 aromatic carbocycles. The standard InChI is InChI=1S/C15H21ClN2O/c1-10-9-13(7-8-17-10)15(19)18-11(2)12-3-5-14(16)6-4-12/h3-6,10-11,13,17H,7-9H2,1-2H3,(H,18,19)/t10?,11-,13?/m1/s1. The second kappa shape index (κ2) is 6.40. The monoisotopic (exact) mass is 280 g/mol. The Morgan fingerprint density at radius 3 is 2.74 bits per heavy atom. The predicted octanol–water partition coefficient (Wildman–Crippen LogP) is 2.91. The van der Waals surface area contributed by atoms with E-state index >= 15 is 0 Å². The lowest BCUT2D eigenvalue weighted by atomic mass is 9.92. The molecule has 0 radical (unpaired) electrons. The average Bonchev–Trinajstić information content (AvgIpc) is 2.39. The van der Waals surface area contributed by atoms with Crippen LogP contribution >= 0.6 is 11.6 Å². The van der Waals surface area contributed by atoms with Gasteiger partial charge in [-0.2, -0.15) is 0 Å². The number of carbonyl (C=O) groups is 1. The molecule has 0 aliphatic carbocycles. The third-order valence-corrected chi connectivity index (χ3v) is 3.98. The molecule has 2 rings (SSSR count). The van der Waals surface area contributed by atoms with Crippen molar-refractivity contribution in [3.63, 3.8) is 0 Å². The fourth-order valence-corrected chi connectivity index (χ4v) is 2.66. The summed E-state index contributed by atoms with van der Waals surface area (Å²) in [5, 5.41) is 7.18. The molecular weight excluding hydrogens is 260 g/mol. The van der Waals surface area contributed by atoms with Crippen molar-refractivity contribution in [1.82, 2.24) is 10.6 Å². The fraction of sp³-hybridized carbons (Fsp3) is 0.533. The van der Waals surface area contributed by atoms with Crippen LogP contribution < -0.4 is 10.6 Å². The van der Waals surface area contributed by atoms with Crippen molar-refractivity contribution in [2.45, 2.75) is 38.8 Å². The van der Waals surface area contributed by atoms with Crippen LogP contribution in [-0.4, -0.2) is 18.5 Å². The molecule has 1 fully saturated rings. The van der Waals surface area contributed by atoms with Crippen molar-refractivity contribution in [3.8, 4) is 0 Å². The van der Waals surface area contributed by atoms with E-state index in [-0.39, 0.29) is 17.9 Å². The van der Waals surface area contributed by atoms with Gasteiger partial charge in [0.05, 0.1) is 6.04 Å². The summed E-state index contributed by atoms with van der Waals surface area (Å²) in [5.41, 5.74) is 1.08. The number of carbonyl (C=O) groups excluding carboxylic acids is 1. The Morgan fingerprint density at radius 2 is 2.11 bits per heavy atom. The van der Waals surface area contributed by atoms with E-state index in [0.717, 1.165) is 30.0 Å². The molecule has 1 aliphatic rings. The van der Waals surface area contributed by atoms with Gasteiger partial charge in [0.15, 0.2) is 0 Å². The highest BCUT2D eigenvalue weighted by molar-refractivity contribution is 6.30. The minimum atomic E-state index is 0.0231. The van der Waals surface area contributed by atoms with Crippen molar-refractivity contribution in [2.24, 2.45) is 5.92 Å². The van der Waals surface area contributed by atoms with Gasteiger partial charge < -0.3 is 10.6 Å². The topological polar surface area (TPSA) is 41.1 Å². The molecule has 1 aromatic rings. The summed E-state index contributed by atoms with van der Waals surface area (Å²) in [7, 11) is 0. The molecule has 4 heteroatoms. The predicted molar refractivity (Wildman–Crippen MR) is 78.2 cm³/mol. The molecule has 3 atom stereocenters. The first-order valence-electron chi connectivity index (χ1n) is 6.85. The van der Waals surface area contributed by atoms with E-state index in [1.807, 2.05) is 31.2 Å². The van der Waals surface area contributed by atoms with Gasteiger partial charge in [0, 0.05) is 17.0 Å². The van der Waals surface area contributed by atoms with Crippen LogP contribution in [0, 0.1) is 5.92 Å². The van der Waals surface area contributed by atoms with Gasteiger partial charge in [-0.15, -0.1) is 0 Å². The summed E-state index contributed by atoms with van der Waals surface area (Å²) in [6.45, 7) is 5.06. The molecule has 19 heavy (non-hydrogen) atoms. The zero-order chi connectivity index (χ0) is 13.8. The molecule has 0 saturated carbocycles. The zero-order valence-electron chi connectivity index (χ0n) is 11.4. The van der Waals surface area contributed by atoms with Crippen LogP contribution in [-0.2, 0) is 4.79 Å². The van der Waals surface area contributed by atoms with Gasteiger partial charge in [0.2, 0.25) is 5.91 Å². The van der Waals surface area contributed by atoms with E-state index in [9.17, 15) is 4.79 Å². The van der Waals surface area contributed by atoms with Crippen molar-refractivity contribution in [3.05, 3.63) is 34.9 Å². The minimum absolute atomic E-state index is 0.0231. The van der Waals surface area contributed by atoms with Crippen LogP contribution in [0.3, 0.4) is 0 Å². The highest BCUT2D eigenvalue weighted by Crippen LogP contribution is 2.20. The third kappa shape index (κ3) is 3.95. The van der Waals surface area contributed by atoms with Crippen molar-refractivity contribution in [1.29, 1.82) is 0 Å². The number of hydrogen-bond acceptors (Lipinski definition) is 2. The Balaban J connectivity index is 1.92. The van der Waals surface area contributed by atoms with E-state index in [1.165, 1.54) is 0 Å². The van der Waals surface area contributed by atoms with Crippen LogP contribution in [0.2, 0.25) is 5.02 Å². The van der Waals surface area contributed by atoms with E-state index < -0.39 is 0 Å². The number of piperidine rings is 1. The third-order valence-electron chi connectivity index (χ3n) is 3.72. The minimum Gasteiger partial charge on any atom is -0.349 e. The highest BCUT2D eigenvalue weighted by atomic mass is 35.5. The normalized spacial score (nSPS) is 24.8. The second-order valence-corrected chi connectivity index (χ2v) is 5.79. The molecule has 1 aliphatic heterocycles. The summed E-state index contributed by atoms with van der Waals surface area (Å²) in [6.07, 6.45) is 1.84. The van der Waals surface area contributed by atoms with Crippen LogP contribution in [0.15, 0.2) is 24.3 Å². The SMILES string of the molecule is CC1CC(C(=O)N[C@H](C)c2ccc(Cl)cc2)CCN1. The van der Waals surface area contributed by atoms with E-state index in [2.05, 4.69) is 17.6 Å². The quantitative estimate of drug-likeness (QED) is 0.894. The first-order valence-corrected chi connectivity index (χ1v) is 7.23. The molecule has 1 heterocycles. The maximum absolute atomic E-state index is 12.2. The number of benzene rings is 1. The molecular formula is C15H21ClN2O. The van der Waals surface area contributed by atoms with Crippen molar-refractivity contribution < 1.29 is 4.79 Å². The Hall–Kier alpha value is -1.06. The van der Waals surface area contributed by atoms with Gasteiger partial charge in [-0.3, -0.25) is 4.79 Å². The summed E-state index contributed by atoms with van der Waals surface area (Å²) < 4.78 is 0. The van der Waals surface area contributed by atoms with Gasteiger partial charge in [0.1, 0.15) is 0 Å². The number of nitrogens with one attached hydrogen (secondary N) is 2. The number of halogens is 1. The fourth-order valence-electron chi connectivity index (χ4n) is 2.54. The lowest BCUT2D eigenvalue weighted by molar-refractivity contribution is -0.126. The lowest BCUT2D eigenvalue weighted by Crippen LogP contribution is -2.42. The first-order chi connectivity index (χ1) is 9.06. The summed E-state index contributed by atoms with van der Waals surface area (Å²) in [6, 6.07) is 8.07. The van der Waals surface area contributed by atoms with Gasteiger partial charge in [-0.05, 0) is 50.9 Å². The number of rotatable bonds is 3. The number of amides is 1. The molecule has 1 saturated heterocycles. The lowest BCUT2D eigenvalue weighted by Gasteiger charge is -2.28. The Labute approximate surface area is 119 Å². The van der Waals surface area contributed by atoms with Crippen LogP contribution in [0.1, 0.15) is 38.3 Å². The smallest absolute Gasteiger partial charge is 0.223 e. The Bertz CT molecular complexity index is 432. The maximum atomic E-state index is 12.2. The van der Waals surface area contributed by atoms with E-state index in [0.29, 0.717) is 6.04 Å². The van der Waals surface area contributed by atoms with Crippen LogP contribution in [0.25, 0.3) is 0 Å². The van der Waals surface area contributed by atoms with Crippen molar-refractivity contribution >= 4 is 17.5 Å². The average molecular weight is 281 g/mol. The van der Waals surface area contributed by atoms with Crippen molar-refractivity contribution in [2.75, 3.05) is 6.54 Å². The molecule has 0 bridgehead atoms. The first kappa shape index (κ1) is 14.4. The molecule has 1 amide bonds. The molecule has 0 aromatic heterocycles. The molecule has 104 valence electrons.